The molecular formula is C21H27N5O2. The molecule has 2 atom stereocenters. The molecule has 0 unspecified atom stereocenters. The van der Waals surface area contributed by atoms with Gasteiger partial charge in [0, 0.05) is 32.5 Å². The molecule has 1 amide bonds. The molecule has 0 bridgehead atoms. The highest BCUT2D eigenvalue weighted by atomic mass is 16.6. The van der Waals surface area contributed by atoms with Gasteiger partial charge in [0.05, 0.1) is 17.3 Å². The van der Waals surface area contributed by atoms with Gasteiger partial charge in [0.25, 0.3) is 0 Å². The first kappa shape index (κ1) is 19.9. The number of anilines is 1. The summed E-state index contributed by atoms with van der Waals surface area (Å²) in [5.41, 5.74) is 2.26. The van der Waals surface area contributed by atoms with Crippen LogP contribution in [0.2, 0.25) is 0 Å². The van der Waals surface area contributed by atoms with E-state index in [2.05, 4.69) is 27.9 Å². The van der Waals surface area contributed by atoms with E-state index in [-0.39, 0.29) is 12.1 Å². The van der Waals surface area contributed by atoms with Gasteiger partial charge in [-0.05, 0) is 45.2 Å². The summed E-state index contributed by atoms with van der Waals surface area (Å²) in [6.45, 7) is 9.33. The average molecular weight is 381 g/mol. The molecule has 1 aliphatic heterocycles. The maximum Gasteiger partial charge on any atom is 0.410 e. The Morgan fingerprint density at radius 2 is 1.93 bits per heavy atom. The largest absolute Gasteiger partial charge is 0.444 e. The fourth-order valence-electron chi connectivity index (χ4n) is 3.67. The minimum Gasteiger partial charge on any atom is -0.444 e. The average Bonchev–Trinajstić information content (AvgIpc) is 2.64. The fourth-order valence-corrected chi connectivity index (χ4v) is 3.67. The van der Waals surface area contributed by atoms with Crippen molar-refractivity contribution < 1.29 is 9.53 Å². The Labute approximate surface area is 165 Å². The van der Waals surface area contributed by atoms with Crippen LogP contribution in [0.1, 0.15) is 39.7 Å². The quantitative estimate of drug-likeness (QED) is 0.791. The lowest BCUT2D eigenvalue weighted by Gasteiger charge is -2.42. The first-order valence-electron chi connectivity index (χ1n) is 9.54. The third-order valence-corrected chi connectivity index (χ3v) is 4.93. The number of ether oxygens (including phenoxy) is 1. The molecule has 3 rings (SSSR count). The zero-order valence-corrected chi connectivity index (χ0v) is 17.1. The molecule has 0 spiro atoms. The number of likely N-dealkylation sites (N-methyl/N-ethyl adjacent to an activating group) is 1. The lowest BCUT2D eigenvalue weighted by Crippen LogP contribution is -2.52. The number of hydrogen-bond donors (Lipinski definition) is 0. The van der Waals surface area contributed by atoms with E-state index in [1.807, 2.05) is 26.8 Å². The summed E-state index contributed by atoms with van der Waals surface area (Å²) in [4.78, 5) is 25.3. The van der Waals surface area contributed by atoms with Crippen LogP contribution in [0.15, 0.2) is 24.5 Å². The smallest absolute Gasteiger partial charge is 0.410 e. The van der Waals surface area contributed by atoms with Crippen LogP contribution >= 0.6 is 0 Å². The fraction of sp³-hybridized carbons (Fsp3) is 0.524. The van der Waals surface area contributed by atoms with Crippen LogP contribution in [-0.2, 0) is 4.74 Å². The number of aromatic nitrogens is 2. The monoisotopic (exact) mass is 381 g/mol. The highest BCUT2D eigenvalue weighted by molar-refractivity contribution is 5.92. The number of carbonyl (C=O) groups is 1. The van der Waals surface area contributed by atoms with Crippen LogP contribution in [0, 0.1) is 17.2 Å². The van der Waals surface area contributed by atoms with Crippen LogP contribution in [0.4, 0.5) is 10.5 Å². The van der Waals surface area contributed by atoms with E-state index in [1.165, 1.54) is 0 Å². The number of fused-ring (bicyclic) bond motifs is 1. The number of nitrogens with zero attached hydrogens (tertiary/aromatic N) is 5. The number of hydrogen-bond acceptors (Lipinski definition) is 6. The van der Waals surface area contributed by atoms with Crippen molar-refractivity contribution in [2.24, 2.45) is 5.92 Å². The molecule has 1 aromatic carbocycles. The van der Waals surface area contributed by atoms with E-state index in [0.29, 0.717) is 29.1 Å². The number of benzene rings is 1. The van der Waals surface area contributed by atoms with Gasteiger partial charge < -0.3 is 14.5 Å². The second kappa shape index (κ2) is 7.63. The molecule has 0 radical (unpaired) electrons. The van der Waals surface area contributed by atoms with Gasteiger partial charge >= 0.3 is 6.09 Å². The van der Waals surface area contributed by atoms with Gasteiger partial charge in [-0.25, -0.2) is 4.79 Å². The van der Waals surface area contributed by atoms with E-state index in [1.54, 1.807) is 30.4 Å². The summed E-state index contributed by atoms with van der Waals surface area (Å²) in [5, 5.41) is 9.36. The maximum atomic E-state index is 12.5. The van der Waals surface area contributed by atoms with E-state index in [4.69, 9.17) is 4.74 Å². The van der Waals surface area contributed by atoms with Crippen molar-refractivity contribution in [1.29, 1.82) is 5.26 Å². The van der Waals surface area contributed by atoms with Crippen molar-refractivity contribution in [3.63, 3.8) is 0 Å². The van der Waals surface area contributed by atoms with Crippen LogP contribution in [-0.4, -0.2) is 52.7 Å². The highest BCUT2D eigenvalue weighted by Gasteiger charge is 2.32. The molecule has 0 saturated carbocycles. The van der Waals surface area contributed by atoms with Gasteiger partial charge in [-0.3, -0.25) is 9.97 Å². The summed E-state index contributed by atoms with van der Waals surface area (Å²) in [6.07, 6.45) is 3.85. The lowest BCUT2D eigenvalue weighted by molar-refractivity contribution is 0.0195. The summed E-state index contributed by atoms with van der Waals surface area (Å²) >= 11 is 0. The second-order valence-electron chi connectivity index (χ2n) is 8.49. The van der Waals surface area contributed by atoms with Gasteiger partial charge in [0.2, 0.25) is 0 Å². The first-order chi connectivity index (χ1) is 13.2. The number of nitriles is 1. The minimum atomic E-state index is -0.524. The van der Waals surface area contributed by atoms with E-state index in [0.717, 1.165) is 18.7 Å². The maximum absolute atomic E-state index is 12.5. The molecule has 0 aliphatic carbocycles. The lowest BCUT2D eigenvalue weighted by atomic mass is 9.94. The molecule has 1 aliphatic rings. The van der Waals surface area contributed by atoms with E-state index in [9.17, 15) is 10.1 Å². The first-order valence-corrected chi connectivity index (χ1v) is 9.54. The van der Waals surface area contributed by atoms with Crippen LogP contribution < -0.4 is 4.90 Å². The highest BCUT2D eigenvalue weighted by Crippen LogP contribution is 2.31. The van der Waals surface area contributed by atoms with Crippen molar-refractivity contribution in [3.05, 3.63) is 30.1 Å². The molecule has 2 heterocycles. The van der Waals surface area contributed by atoms with Gasteiger partial charge in [0.15, 0.2) is 0 Å². The SMILES string of the molecule is C[C@H]1C[C@@H](N(C)C(=O)OC(C)(C)C)CN(c2ccc(C#N)c3nccnc23)C1. The minimum absolute atomic E-state index is 0.0287. The van der Waals surface area contributed by atoms with Gasteiger partial charge in [0.1, 0.15) is 22.7 Å². The van der Waals surface area contributed by atoms with Gasteiger partial charge in [-0.1, -0.05) is 6.92 Å². The Hall–Kier alpha value is -2.88. The topological polar surface area (TPSA) is 82.4 Å². The van der Waals surface area contributed by atoms with Crippen molar-refractivity contribution in [2.45, 2.75) is 45.8 Å². The van der Waals surface area contributed by atoms with Crippen LogP contribution in [0.5, 0.6) is 0 Å². The molecule has 7 heteroatoms. The predicted molar refractivity (Wildman–Crippen MR) is 108 cm³/mol. The molecule has 1 fully saturated rings. The number of carbonyl (C=O) groups excluding carboxylic acids is 1. The standard InChI is InChI=1S/C21H27N5O2/c1-14-10-16(25(5)20(27)28-21(2,3)4)13-26(12-14)17-7-6-15(11-22)18-19(17)24-9-8-23-18/h6-9,14,16H,10,12-13H2,1-5H3/t14-,16+/m0/s1. The molecule has 7 nitrogen and oxygen atoms in total. The molecule has 148 valence electrons. The Bertz CT molecular complexity index is 915. The predicted octanol–water partition coefficient (Wildman–Crippen LogP) is 3.58. The summed E-state index contributed by atoms with van der Waals surface area (Å²) in [7, 11) is 1.80. The molecule has 1 aromatic heterocycles. The molecule has 0 N–H and O–H groups in total. The van der Waals surface area contributed by atoms with Crippen molar-refractivity contribution in [2.75, 3.05) is 25.0 Å². The Morgan fingerprint density at radius 1 is 1.25 bits per heavy atom. The molecule has 1 saturated heterocycles. The third-order valence-electron chi connectivity index (χ3n) is 4.93. The molecular weight excluding hydrogens is 354 g/mol. The number of piperidine rings is 1. The van der Waals surface area contributed by atoms with Gasteiger partial charge in [-0.15, -0.1) is 0 Å². The van der Waals surface area contributed by atoms with E-state index >= 15 is 0 Å². The number of amides is 1. The zero-order chi connectivity index (χ0) is 20.5. The third kappa shape index (κ3) is 4.16. The second-order valence-corrected chi connectivity index (χ2v) is 8.49. The Balaban J connectivity index is 1.89. The van der Waals surface area contributed by atoms with Crippen molar-refractivity contribution in [1.82, 2.24) is 14.9 Å². The van der Waals surface area contributed by atoms with Crippen molar-refractivity contribution in [3.8, 4) is 6.07 Å². The van der Waals surface area contributed by atoms with E-state index < -0.39 is 5.60 Å². The normalized spacial score (nSPS) is 19.9. The number of rotatable bonds is 2. The summed E-state index contributed by atoms with van der Waals surface area (Å²) in [5.74, 6) is 0.394. The molecule has 28 heavy (non-hydrogen) atoms. The summed E-state index contributed by atoms with van der Waals surface area (Å²) in [6, 6.07) is 5.93. The Morgan fingerprint density at radius 3 is 2.57 bits per heavy atom. The van der Waals surface area contributed by atoms with Crippen molar-refractivity contribution >= 4 is 22.8 Å². The molecule has 2 aromatic rings. The van der Waals surface area contributed by atoms with Crippen LogP contribution in [0.3, 0.4) is 0 Å². The van der Waals surface area contributed by atoms with Crippen LogP contribution in [0.25, 0.3) is 11.0 Å². The zero-order valence-electron chi connectivity index (χ0n) is 17.1. The summed E-state index contributed by atoms with van der Waals surface area (Å²) < 4.78 is 5.54. The Kier molecular flexibility index (Phi) is 5.41. The van der Waals surface area contributed by atoms with Gasteiger partial charge in [-0.2, -0.15) is 5.26 Å².